The summed E-state index contributed by atoms with van der Waals surface area (Å²) in [6.07, 6.45) is 1.85. The first-order valence-electron chi connectivity index (χ1n) is 3.94. The van der Waals surface area contributed by atoms with Crippen molar-refractivity contribution >= 4 is 28.6 Å². The van der Waals surface area contributed by atoms with Gasteiger partial charge in [0.15, 0.2) is 6.10 Å². The van der Waals surface area contributed by atoms with E-state index >= 15 is 0 Å². The van der Waals surface area contributed by atoms with E-state index in [1.165, 1.54) is 0 Å². The van der Waals surface area contributed by atoms with Crippen LogP contribution in [0.25, 0.3) is 0 Å². The minimum Gasteiger partial charge on any atom is -0.479 e. The van der Waals surface area contributed by atoms with Gasteiger partial charge >= 0.3 is 5.97 Å². The molecule has 0 unspecified atom stereocenters. The Labute approximate surface area is 90.6 Å². The predicted molar refractivity (Wildman–Crippen MR) is 57.9 cm³/mol. The largest absolute Gasteiger partial charge is 0.479 e. The van der Waals surface area contributed by atoms with Gasteiger partial charge in [-0.05, 0) is 22.2 Å². The van der Waals surface area contributed by atoms with Crippen LogP contribution in [-0.4, -0.2) is 23.8 Å². The van der Waals surface area contributed by atoms with E-state index in [9.17, 15) is 4.79 Å². The monoisotopic (exact) mass is 294 g/mol. The molecule has 1 fully saturated rings. The molecule has 1 heterocycles. The van der Waals surface area contributed by atoms with Crippen LogP contribution in [0.2, 0.25) is 0 Å². The number of ether oxygens (including phenoxy) is 1. The van der Waals surface area contributed by atoms with Gasteiger partial charge in [-0.25, -0.2) is 4.79 Å². The zero-order chi connectivity index (χ0) is 9.84. The average molecular weight is 294 g/mol. The lowest BCUT2D eigenvalue weighted by Crippen LogP contribution is -2.17. The molecule has 1 aliphatic heterocycles. The molecule has 0 aromatic rings. The van der Waals surface area contributed by atoms with Crippen molar-refractivity contribution in [1.29, 1.82) is 0 Å². The standard InChI is InChI=1S/C9H11IO3/c1-6(4-10)2-7-3-8(9(11)12)13-5-7/h2,4,8H,3,5H2,1H3,(H,11,12)/b6-4+,7-2-/t8-/m1/s1. The van der Waals surface area contributed by atoms with Gasteiger partial charge in [0.1, 0.15) is 0 Å². The number of allylic oxidation sites excluding steroid dienone is 2. The van der Waals surface area contributed by atoms with E-state index in [0.29, 0.717) is 13.0 Å². The zero-order valence-electron chi connectivity index (χ0n) is 7.29. The molecule has 0 amide bonds. The Bertz CT molecular complexity index is 268. The highest BCUT2D eigenvalue weighted by Crippen LogP contribution is 2.20. The first-order chi connectivity index (χ1) is 6.13. The Kier molecular flexibility index (Phi) is 3.92. The maximum absolute atomic E-state index is 10.5. The van der Waals surface area contributed by atoms with Crippen molar-refractivity contribution in [2.75, 3.05) is 6.61 Å². The van der Waals surface area contributed by atoms with Crippen molar-refractivity contribution < 1.29 is 14.6 Å². The summed E-state index contributed by atoms with van der Waals surface area (Å²) in [7, 11) is 0. The fourth-order valence-electron chi connectivity index (χ4n) is 1.18. The second-order valence-corrected chi connectivity index (χ2v) is 3.62. The van der Waals surface area contributed by atoms with Crippen molar-refractivity contribution in [3.63, 3.8) is 0 Å². The van der Waals surface area contributed by atoms with Crippen molar-refractivity contribution in [3.05, 3.63) is 21.3 Å². The van der Waals surface area contributed by atoms with E-state index in [1.54, 1.807) is 0 Å². The molecule has 3 nitrogen and oxygen atoms in total. The van der Waals surface area contributed by atoms with Gasteiger partial charge < -0.3 is 9.84 Å². The fraction of sp³-hybridized carbons (Fsp3) is 0.444. The highest BCUT2D eigenvalue weighted by atomic mass is 127. The zero-order valence-corrected chi connectivity index (χ0v) is 9.45. The first kappa shape index (κ1) is 10.7. The molecular weight excluding hydrogens is 283 g/mol. The van der Waals surface area contributed by atoms with Crippen molar-refractivity contribution in [2.24, 2.45) is 0 Å². The van der Waals surface area contributed by atoms with Crippen molar-refractivity contribution in [1.82, 2.24) is 0 Å². The highest BCUT2D eigenvalue weighted by molar-refractivity contribution is 14.1. The van der Waals surface area contributed by atoms with Gasteiger partial charge in [-0.15, -0.1) is 0 Å². The van der Waals surface area contributed by atoms with Gasteiger partial charge in [0.2, 0.25) is 0 Å². The highest BCUT2D eigenvalue weighted by Gasteiger charge is 2.25. The Hall–Kier alpha value is -0.360. The molecule has 1 saturated heterocycles. The van der Waals surface area contributed by atoms with Crippen LogP contribution in [0.3, 0.4) is 0 Å². The van der Waals surface area contributed by atoms with Gasteiger partial charge in [-0.3, -0.25) is 0 Å². The number of rotatable bonds is 2. The number of hydrogen-bond donors (Lipinski definition) is 1. The number of aliphatic carboxylic acids is 1. The topological polar surface area (TPSA) is 46.5 Å². The van der Waals surface area contributed by atoms with Crippen LogP contribution in [0.1, 0.15) is 13.3 Å². The molecule has 0 aromatic carbocycles. The number of carbonyl (C=O) groups is 1. The lowest BCUT2D eigenvalue weighted by atomic mass is 10.1. The fourth-order valence-corrected chi connectivity index (χ4v) is 1.36. The SMILES string of the molecule is CC(/C=C1\CO[C@@H](C(=O)O)C1)=C\I. The lowest BCUT2D eigenvalue weighted by Gasteiger charge is -1.98. The van der Waals surface area contributed by atoms with Crippen molar-refractivity contribution in [3.8, 4) is 0 Å². The second-order valence-electron chi connectivity index (χ2n) is 3.00. The Morgan fingerprint density at radius 2 is 2.46 bits per heavy atom. The van der Waals surface area contributed by atoms with Crippen LogP contribution < -0.4 is 0 Å². The number of carboxylic acids is 1. The Morgan fingerprint density at radius 3 is 2.92 bits per heavy atom. The van der Waals surface area contributed by atoms with Crippen LogP contribution >= 0.6 is 22.6 Å². The average Bonchev–Trinajstić information content (AvgIpc) is 2.52. The molecule has 1 N–H and O–H groups in total. The maximum Gasteiger partial charge on any atom is 0.333 e. The van der Waals surface area contributed by atoms with Crippen LogP contribution in [0.5, 0.6) is 0 Å². The van der Waals surface area contributed by atoms with Gasteiger partial charge in [0.25, 0.3) is 0 Å². The van der Waals surface area contributed by atoms with Gasteiger partial charge in [-0.1, -0.05) is 28.7 Å². The molecule has 0 aliphatic carbocycles. The minimum absolute atomic E-state index is 0.443. The molecular formula is C9H11IO3. The summed E-state index contributed by atoms with van der Waals surface area (Å²) in [5, 5.41) is 8.65. The third kappa shape index (κ3) is 3.11. The van der Waals surface area contributed by atoms with E-state index in [-0.39, 0.29) is 0 Å². The molecule has 0 saturated carbocycles. The summed E-state index contributed by atoms with van der Waals surface area (Å²) in [4.78, 5) is 10.5. The molecule has 0 spiro atoms. The predicted octanol–water partition coefficient (Wildman–Crippen LogP) is 2.13. The van der Waals surface area contributed by atoms with E-state index in [2.05, 4.69) is 22.6 Å². The third-order valence-corrected chi connectivity index (χ3v) is 2.78. The second kappa shape index (κ2) is 4.76. The molecule has 72 valence electrons. The van der Waals surface area contributed by atoms with E-state index in [0.717, 1.165) is 11.1 Å². The smallest absolute Gasteiger partial charge is 0.333 e. The molecule has 13 heavy (non-hydrogen) atoms. The summed E-state index contributed by atoms with van der Waals surface area (Å²) < 4.78 is 7.03. The van der Waals surface area contributed by atoms with Gasteiger partial charge in [-0.2, -0.15) is 0 Å². The molecule has 0 aromatic heterocycles. The molecule has 1 aliphatic rings. The van der Waals surface area contributed by atoms with E-state index < -0.39 is 12.1 Å². The number of hydrogen-bond acceptors (Lipinski definition) is 2. The minimum atomic E-state index is -0.875. The Balaban J connectivity index is 2.59. The van der Waals surface area contributed by atoms with Crippen LogP contribution in [0.4, 0.5) is 0 Å². The summed E-state index contributed by atoms with van der Waals surface area (Å²) in [5.74, 6) is -0.875. The molecule has 0 bridgehead atoms. The maximum atomic E-state index is 10.5. The quantitative estimate of drug-likeness (QED) is 0.794. The summed E-state index contributed by atoms with van der Waals surface area (Å²) in [6, 6.07) is 0. The van der Waals surface area contributed by atoms with Crippen LogP contribution in [0.15, 0.2) is 21.3 Å². The third-order valence-electron chi connectivity index (χ3n) is 1.80. The van der Waals surface area contributed by atoms with Gasteiger partial charge in [0, 0.05) is 6.42 Å². The number of carboxylic acid groups (broad SMARTS) is 1. The Morgan fingerprint density at radius 1 is 1.77 bits per heavy atom. The van der Waals surface area contributed by atoms with Crippen LogP contribution in [-0.2, 0) is 9.53 Å². The normalized spacial score (nSPS) is 26.8. The van der Waals surface area contributed by atoms with E-state index in [1.807, 2.05) is 17.1 Å². The van der Waals surface area contributed by atoms with Crippen LogP contribution in [0, 0.1) is 0 Å². The number of halogens is 1. The van der Waals surface area contributed by atoms with Gasteiger partial charge in [0.05, 0.1) is 6.61 Å². The summed E-state index contributed by atoms with van der Waals surface area (Å²) in [5.41, 5.74) is 2.18. The molecule has 1 atom stereocenters. The molecule has 0 radical (unpaired) electrons. The van der Waals surface area contributed by atoms with Crippen molar-refractivity contribution in [2.45, 2.75) is 19.4 Å². The summed E-state index contributed by atoms with van der Waals surface area (Å²) >= 11 is 2.15. The molecule has 4 heteroatoms. The first-order valence-corrected chi connectivity index (χ1v) is 5.19. The lowest BCUT2D eigenvalue weighted by molar-refractivity contribution is -0.147. The molecule has 1 rings (SSSR count). The van der Waals surface area contributed by atoms with E-state index in [4.69, 9.17) is 9.84 Å². The summed E-state index contributed by atoms with van der Waals surface area (Å²) in [6.45, 7) is 2.42.